The predicted octanol–water partition coefficient (Wildman–Crippen LogP) is 1.93. The molecule has 1 atom stereocenters. The van der Waals surface area contributed by atoms with Gasteiger partial charge in [0.25, 0.3) is 0 Å². The zero-order valence-corrected chi connectivity index (χ0v) is 14.4. The Morgan fingerprint density at radius 2 is 1.86 bits per heavy atom. The molecule has 0 aliphatic heterocycles. The van der Waals surface area contributed by atoms with Gasteiger partial charge < -0.3 is 10.0 Å². The Kier molecular flexibility index (Phi) is 6.14. The zero-order valence-electron chi connectivity index (χ0n) is 14.4. The molecule has 0 saturated heterocycles. The Hall–Kier alpha value is -1.85. The van der Waals surface area contributed by atoms with Crippen LogP contribution < -0.4 is 0 Å². The first kappa shape index (κ1) is 18.2. The number of carbonyl (C=O) groups is 2. The molecule has 1 rings (SSSR count). The van der Waals surface area contributed by atoms with Crippen molar-refractivity contribution >= 4 is 11.9 Å². The van der Waals surface area contributed by atoms with Crippen LogP contribution in [0.25, 0.3) is 0 Å². The van der Waals surface area contributed by atoms with Gasteiger partial charge >= 0.3 is 5.97 Å². The highest BCUT2D eigenvalue weighted by molar-refractivity contribution is 5.79. The minimum Gasteiger partial charge on any atom is -0.481 e. The number of aromatic nitrogens is 2. The maximum absolute atomic E-state index is 12.6. The first-order valence-corrected chi connectivity index (χ1v) is 7.66. The van der Waals surface area contributed by atoms with E-state index in [4.69, 9.17) is 5.11 Å². The van der Waals surface area contributed by atoms with Crippen molar-refractivity contribution in [2.45, 2.75) is 53.5 Å². The molecule has 0 aromatic carbocycles. The van der Waals surface area contributed by atoms with Gasteiger partial charge in [-0.3, -0.25) is 14.3 Å². The van der Waals surface area contributed by atoms with Crippen LogP contribution in [0.2, 0.25) is 0 Å². The van der Waals surface area contributed by atoms with Crippen molar-refractivity contribution in [1.29, 1.82) is 0 Å². The number of rotatable bonds is 7. The first-order chi connectivity index (χ1) is 10.1. The molecular weight excluding hydrogens is 282 g/mol. The normalized spacial score (nSPS) is 12.5. The first-order valence-electron chi connectivity index (χ1n) is 7.66. The molecule has 1 aromatic rings. The number of aryl methyl sites for hydroxylation is 2. The molecule has 0 saturated carbocycles. The second-order valence-corrected chi connectivity index (χ2v) is 6.15. The Bertz CT molecular complexity index is 549. The van der Waals surface area contributed by atoms with Gasteiger partial charge in [-0.15, -0.1) is 0 Å². The number of carboxylic acids is 1. The van der Waals surface area contributed by atoms with Crippen LogP contribution in [0.3, 0.4) is 0 Å². The van der Waals surface area contributed by atoms with Crippen molar-refractivity contribution in [2.24, 2.45) is 13.0 Å². The molecule has 0 aliphatic carbocycles. The molecule has 0 bridgehead atoms. The largest absolute Gasteiger partial charge is 0.481 e. The molecule has 22 heavy (non-hydrogen) atoms. The highest BCUT2D eigenvalue weighted by Crippen LogP contribution is 2.19. The maximum Gasteiger partial charge on any atom is 0.305 e. The van der Waals surface area contributed by atoms with Gasteiger partial charge in [-0.25, -0.2) is 0 Å². The van der Waals surface area contributed by atoms with Gasteiger partial charge in [0.15, 0.2) is 0 Å². The summed E-state index contributed by atoms with van der Waals surface area (Å²) in [4.78, 5) is 25.0. The van der Waals surface area contributed by atoms with E-state index in [1.165, 1.54) is 0 Å². The van der Waals surface area contributed by atoms with Crippen LogP contribution in [-0.2, 0) is 23.1 Å². The molecule has 1 heterocycles. The highest BCUT2D eigenvalue weighted by Gasteiger charge is 2.25. The van der Waals surface area contributed by atoms with Crippen molar-refractivity contribution in [3.63, 3.8) is 0 Å². The number of nitrogens with zero attached hydrogens (tertiary/aromatic N) is 3. The van der Waals surface area contributed by atoms with E-state index >= 15 is 0 Å². The number of aliphatic carboxylic acids is 1. The van der Waals surface area contributed by atoms with Gasteiger partial charge in [0.1, 0.15) is 0 Å². The summed E-state index contributed by atoms with van der Waals surface area (Å²) in [5, 5.41) is 13.2. The fourth-order valence-corrected chi connectivity index (χ4v) is 2.63. The van der Waals surface area contributed by atoms with Gasteiger partial charge in [-0.1, -0.05) is 6.92 Å². The van der Waals surface area contributed by atoms with Crippen molar-refractivity contribution in [1.82, 2.24) is 14.7 Å². The van der Waals surface area contributed by atoms with Crippen molar-refractivity contribution in [2.75, 3.05) is 6.54 Å². The minimum atomic E-state index is -0.884. The summed E-state index contributed by atoms with van der Waals surface area (Å²) >= 11 is 0. The van der Waals surface area contributed by atoms with Crippen molar-refractivity contribution in [3.05, 3.63) is 17.0 Å². The molecule has 6 nitrogen and oxygen atoms in total. The summed E-state index contributed by atoms with van der Waals surface area (Å²) in [5.74, 6) is -1.08. The van der Waals surface area contributed by atoms with E-state index in [0.717, 1.165) is 17.0 Å². The maximum atomic E-state index is 12.6. The van der Waals surface area contributed by atoms with E-state index in [1.807, 2.05) is 46.3 Å². The summed E-state index contributed by atoms with van der Waals surface area (Å²) in [7, 11) is 1.89. The van der Waals surface area contributed by atoms with Gasteiger partial charge in [0, 0.05) is 31.2 Å². The lowest BCUT2D eigenvalue weighted by Crippen LogP contribution is -2.42. The second kappa shape index (κ2) is 7.42. The molecule has 0 fully saturated rings. The SMILES string of the molecule is Cc1nn(C)c(C)c1CC(C)C(=O)N(CCC(=O)O)C(C)C. The average Bonchev–Trinajstić information content (AvgIpc) is 2.64. The molecule has 124 valence electrons. The summed E-state index contributed by atoms with van der Waals surface area (Å²) in [6.45, 7) is 9.91. The number of carbonyl (C=O) groups excluding carboxylic acids is 1. The molecule has 1 aromatic heterocycles. The van der Waals surface area contributed by atoms with Gasteiger partial charge in [-0.05, 0) is 39.7 Å². The van der Waals surface area contributed by atoms with Crippen LogP contribution in [0.4, 0.5) is 0 Å². The monoisotopic (exact) mass is 309 g/mol. The molecule has 1 unspecified atom stereocenters. The molecule has 0 aliphatic rings. The Balaban J connectivity index is 2.83. The lowest BCUT2D eigenvalue weighted by Gasteiger charge is -2.29. The van der Waals surface area contributed by atoms with Crippen LogP contribution in [0, 0.1) is 19.8 Å². The Morgan fingerprint density at radius 1 is 1.27 bits per heavy atom. The summed E-state index contributed by atoms with van der Waals surface area (Å²) in [6, 6.07) is -0.00890. The van der Waals surface area contributed by atoms with Gasteiger partial charge in [0.05, 0.1) is 12.1 Å². The topological polar surface area (TPSA) is 75.4 Å². The van der Waals surface area contributed by atoms with E-state index in [2.05, 4.69) is 5.10 Å². The minimum absolute atomic E-state index is 0.00102. The average molecular weight is 309 g/mol. The predicted molar refractivity (Wildman–Crippen MR) is 84.7 cm³/mol. The fraction of sp³-hybridized carbons (Fsp3) is 0.688. The van der Waals surface area contributed by atoms with Crippen LogP contribution >= 0.6 is 0 Å². The van der Waals surface area contributed by atoms with E-state index in [1.54, 1.807) is 4.90 Å². The number of hydrogen-bond acceptors (Lipinski definition) is 3. The smallest absolute Gasteiger partial charge is 0.305 e. The van der Waals surface area contributed by atoms with Crippen LogP contribution in [0.1, 0.15) is 44.1 Å². The van der Waals surface area contributed by atoms with Crippen molar-refractivity contribution in [3.8, 4) is 0 Å². The Morgan fingerprint density at radius 3 is 2.27 bits per heavy atom. The number of carboxylic acid groups (broad SMARTS) is 1. The third-order valence-corrected chi connectivity index (χ3v) is 4.06. The molecule has 6 heteroatoms. The standard InChI is InChI=1S/C16H27N3O3/c1-10(2)19(8-7-15(20)21)16(22)11(3)9-14-12(4)17-18(6)13(14)5/h10-11H,7-9H2,1-6H3,(H,20,21). The molecule has 0 radical (unpaired) electrons. The zero-order chi connectivity index (χ0) is 17.0. The van der Waals surface area contributed by atoms with E-state index in [-0.39, 0.29) is 30.8 Å². The van der Waals surface area contributed by atoms with Gasteiger partial charge in [-0.2, -0.15) is 5.10 Å². The van der Waals surface area contributed by atoms with Crippen LogP contribution in [0.15, 0.2) is 0 Å². The van der Waals surface area contributed by atoms with Gasteiger partial charge in [0.2, 0.25) is 5.91 Å². The molecule has 1 amide bonds. The van der Waals surface area contributed by atoms with Crippen LogP contribution in [-0.4, -0.2) is 44.3 Å². The molecular formula is C16H27N3O3. The van der Waals surface area contributed by atoms with Crippen molar-refractivity contribution < 1.29 is 14.7 Å². The fourth-order valence-electron chi connectivity index (χ4n) is 2.63. The van der Waals surface area contributed by atoms with E-state index < -0.39 is 5.97 Å². The molecule has 0 spiro atoms. The lowest BCUT2D eigenvalue weighted by molar-refractivity contribution is -0.140. The highest BCUT2D eigenvalue weighted by atomic mass is 16.4. The van der Waals surface area contributed by atoms with Crippen LogP contribution in [0.5, 0.6) is 0 Å². The second-order valence-electron chi connectivity index (χ2n) is 6.15. The van der Waals surface area contributed by atoms with E-state index in [9.17, 15) is 9.59 Å². The molecule has 1 N–H and O–H groups in total. The van der Waals surface area contributed by atoms with E-state index in [0.29, 0.717) is 6.42 Å². The summed E-state index contributed by atoms with van der Waals surface area (Å²) in [6.07, 6.45) is 0.599. The summed E-state index contributed by atoms with van der Waals surface area (Å²) < 4.78 is 1.83. The number of hydrogen-bond donors (Lipinski definition) is 1. The number of amides is 1. The quantitative estimate of drug-likeness (QED) is 0.835. The lowest BCUT2D eigenvalue weighted by atomic mass is 9.97. The third kappa shape index (κ3) is 4.32. The third-order valence-electron chi connectivity index (χ3n) is 4.06. The Labute approximate surface area is 132 Å². The summed E-state index contributed by atoms with van der Waals surface area (Å²) in [5.41, 5.74) is 3.12.